The lowest BCUT2D eigenvalue weighted by atomic mass is 9.94. The van der Waals surface area contributed by atoms with Gasteiger partial charge in [-0.05, 0) is 19.8 Å². The fourth-order valence-electron chi connectivity index (χ4n) is 1.86. The lowest BCUT2D eigenvalue weighted by Crippen LogP contribution is -2.34. The third-order valence-corrected chi connectivity index (χ3v) is 3.02. The van der Waals surface area contributed by atoms with E-state index in [-0.39, 0.29) is 12.8 Å². The minimum atomic E-state index is -1.93. The molecule has 0 N–H and O–H groups in total. The predicted octanol–water partition coefficient (Wildman–Crippen LogP) is 4.03. The molecule has 0 heterocycles. The average Bonchev–Trinajstić information content (AvgIpc) is 2.39. The molecule has 104 valence electrons. The standard InChI is InChI=1S/C15H25FO2/c1-4-6-8-9-10-11-13-15(16,12-7-5-2)14(17)18-3/h4,6,8-13H2,1-3H3. The van der Waals surface area contributed by atoms with E-state index < -0.39 is 11.6 Å². The zero-order valence-corrected chi connectivity index (χ0v) is 11.9. The van der Waals surface area contributed by atoms with Crippen LogP contribution in [-0.2, 0) is 9.53 Å². The molecule has 0 aromatic rings. The van der Waals surface area contributed by atoms with Crippen molar-refractivity contribution in [2.24, 2.45) is 0 Å². The molecular weight excluding hydrogens is 231 g/mol. The van der Waals surface area contributed by atoms with E-state index in [4.69, 9.17) is 0 Å². The number of esters is 1. The smallest absolute Gasteiger partial charge is 0.344 e. The van der Waals surface area contributed by atoms with Crippen molar-refractivity contribution in [3.63, 3.8) is 0 Å². The Kier molecular flexibility index (Phi) is 9.36. The summed E-state index contributed by atoms with van der Waals surface area (Å²) in [5, 5.41) is 0. The van der Waals surface area contributed by atoms with Gasteiger partial charge in [-0.1, -0.05) is 44.9 Å². The van der Waals surface area contributed by atoms with E-state index in [1.54, 1.807) is 6.92 Å². The van der Waals surface area contributed by atoms with E-state index in [1.807, 2.05) is 0 Å². The Morgan fingerprint density at radius 2 is 1.83 bits per heavy atom. The first kappa shape index (κ1) is 17.0. The quantitative estimate of drug-likeness (QED) is 0.353. The second-order valence-electron chi connectivity index (χ2n) is 4.58. The fourth-order valence-corrected chi connectivity index (χ4v) is 1.86. The van der Waals surface area contributed by atoms with Crippen LogP contribution in [0.15, 0.2) is 0 Å². The van der Waals surface area contributed by atoms with Gasteiger partial charge in [-0.2, -0.15) is 0 Å². The minimum Gasteiger partial charge on any atom is -0.467 e. The Bertz CT molecular complexity index is 291. The number of hydrogen-bond acceptors (Lipinski definition) is 2. The Labute approximate surface area is 110 Å². The largest absolute Gasteiger partial charge is 0.467 e. The normalized spacial score (nSPS) is 13.3. The number of rotatable bonds is 9. The predicted molar refractivity (Wildman–Crippen MR) is 71.9 cm³/mol. The van der Waals surface area contributed by atoms with Gasteiger partial charge in [-0.25, -0.2) is 9.18 Å². The molecule has 0 amide bonds. The van der Waals surface area contributed by atoms with Crippen molar-refractivity contribution in [1.82, 2.24) is 0 Å². The maximum absolute atomic E-state index is 14.4. The molecule has 18 heavy (non-hydrogen) atoms. The first-order chi connectivity index (χ1) is 8.60. The summed E-state index contributed by atoms with van der Waals surface area (Å²) >= 11 is 0. The molecule has 0 saturated heterocycles. The number of hydrogen-bond donors (Lipinski definition) is 0. The van der Waals surface area contributed by atoms with E-state index in [0.717, 1.165) is 12.8 Å². The molecule has 0 fully saturated rings. The third kappa shape index (κ3) is 6.64. The Hall–Kier alpha value is -1.04. The number of ether oxygens (including phenoxy) is 1. The fraction of sp³-hybridized carbons (Fsp3) is 0.800. The molecule has 0 spiro atoms. The van der Waals surface area contributed by atoms with Crippen LogP contribution < -0.4 is 0 Å². The molecule has 0 aliphatic heterocycles. The summed E-state index contributed by atoms with van der Waals surface area (Å²) < 4.78 is 18.9. The van der Waals surface area contributed by atoms with Crippen molar-refractivity contribution in [1.29, 1.82) is 0 Å². The Balaban J connectivity index is 4.08. The van der Waals surface area contributed by atoms with Crippen molar-refractivity contribution >= 4 is 5.97 Å². The number of carbonyl (C=O) groups excluding carboxylic acids is 1. The lowest BCUT2D eigenvalue weighted by Gasteiger charge is -2.20. The van der Waals surface area contributed by atoms with Gasteiger partial charge >= 0.3 is 5.97 Å². The number of carbonyl (C=O) groups is 1. The summed E-state index contributed by atoms with van der Waals surface area (Å²) in [6, 6.07) is 0. The molecule has 0 bridgehead atoms. The first-order valence-electron chi connectivity index (χ1n) is 6.77. The number of methoxy groups -OCH3 is 1. The summed E-state index contributed by atoms with van der Waals surface area (Å²) in [5.74, 6) is 4.47. The molecule has 0 aliphatic carbocycles. The molecule has 2 nitrogen and oxygen atoms in total. The number of unbranched alkanes of at least 4 members (excludes halogenated alkanes) is 5. The highest BCUT2D eigenvalue weighted by Gasteiger charge is 2.38. The van der Waals surface area contributed by atoms with E-state index >= 15 is 0 Å². The molecule has 0 aromatic heterocycles. The minimum absolute atomic E-state index is 0.0644. The highest BCUT2D eigenvalue weighted by atomic mass is 19.1. The van der Waals surface area contributed by atoms with Crippen LogP contribution in [0.5, 0.6) is 0 Å². The summed E-state index contributed by atoms with van der Waals surface area (Å²) in [6.45, 7) is 3.80. The van der Waals surface area contributed by atoms with E-state index in [0.29, 0.717) is 6.42 Å². The summed E-state index contributed by atoms with van der Waals surface area (Å²) in [7, 11) is 1.22. The van der Waals surface area contributed by atoms with Gasteiger partial charge in [-0.3, -0.25) is 0 Å². The van der Waals surface area contributed by atoms with Crippen LogP contribution in [0.4, 0.5) is 4.39 Å². The molecule has 3 heteroatoms. The van der Waals surface area contributed by atoms with Gasteiger partial charge in [0, 0.05) is 0 Å². The molecule has 0 aliphatic rings. The summed E-state index contributed by atoms with van der Waals surface area (Å²) in [4.78, 5) is 11.4. The van der Waals surface area contributed by atoms with Gasteiger partial charge in [0.1, 0.15) is 0 Å². The Morgan fingerprint density at radius 1 is 1.22 bits per heavy atom. The summed E-state index contributed by atoms with van der Waals surface area (Å²) in [6.07, 6.45) is 6.52. The molecule has 0 saturated carbocycles. The van der Waals surface area contributed by atoms with Crippen LogP contribution in [-0.4, -0.2) is 18.7 Å². The topological polar surface area (TPSA) is 26.3 Å². The van der Waals surface area contributed by atoms with Crippen molar-refractivity contribution in [2.75, 3.05) is 7.11 Å². The van der Waals surface area contributed by atoms with Crippen LogP contribution in [0, 0.1) is 11.8 Å². The zero-order valence-electron chi connectivity index (χ0n) is 11.9. The SMILES string of the molecule is CC#CCC(F)(CCCCCCCC)C(=O)OC. The molecule has 0 radical (unpaired) electrons. The van der Waals surface area contributed by atoms with Crippen molar-refractivity contribution < 1.29 is 13.9 Å². The average molecular weight is 256 g/mol. The maximum atomic E-state index is 14.4. The third-order valence-electron chi connectivity index (χ3n) is 3.02. The number of alkyl halides is 1. The van der Waals surface area contributed by atoms with Crippen molar-refractivity contribution in [2.45, 2.75) is 70.9 Å². The van der Waals surface area contributed by atoms with Crippen molar-refractivity contribution in [3.05, 3.63) is 0 Å². The molecule has 1 unspecified atom stereocenters. The zero-order chi connectivity index (χ0) is 13.9. The van der Waals surface area contributed by atoms with E-state index in [2.05, 4.69) is 23.5 Å². The molecule has 0 aromatic carbocycles. The van der Waals surface area contributed by atoms with Gasteiger partial charge in [0.25, 0.3) is 0 Å². The maximum Gasteiger partial charge on any atom is 0.344 e. The second kappa shape index (κ2) is 9.94. The van der Waals surface area contributed by atoms with Gasteiger partial charge in [0.2, 0.25) is 5.67 Å². The molecule has 1 atom stereocenters. The Morgan fingerprint density at radius 3 is 2.39 bits per heavy atom. The molecule has 0 rings (SSSR count). The van der Waals surface area contributed by atoms with E-state index in [1.165, 1.54) is 26.4 Å². The lowest BCUT2D eigenvalue weighted by molar-refractivity contribution is -0.155. The molecular formula is C15H25FO2. The van der Waals surface area contributed by atoms with Crippen LogP contribution in [0.3, 0.4) is 0 Å². The van der Waals surface area contributed by atoms with Crippen LogP contribution >= 0.6 is 0 Å². The number of halogens is 1. The van der Waals surface area contributed by atoms with Gasteiger partial charge in [0.15, 0.2) is 0 Å². The highest BCUT2D eigenvalue weighted by Crippen LogP contribution is 2.25. The summed E-state index contributed by atoms with van der Waals surface area (Å²) in [5.41, 5.74) is -1.93. The van der Waals surface area contributed by atoms with Gasteiger partial charge < -0.3 is 4.74 Å². The van der Waals surface area contributed by atoms with E-state index in [9.17, 15) is 9.18 Å². The van der Waals surface area contributed by atoms with Crippen molar-refractivity contribution in [3.8, 4) is 11.8 Å². The van der Waals surface area contributed by atoms with Crippen LogP contribution in [0.1, 0.15) is 65.2 Å². The van der Waals surface area contributed by atoms with Gasteiger partial charge in [-0.15, -0.1) is 5.92 Å². The highest BCUT2D eigenvalue weighted by molar-refractivity contribution is 5.79. The first-order valence-corrected chi connectivity index (χ1v) is 6.77. The van der Waals surface area contributed by atoms with Crippen LogP contribution in [0.25, 0.3) is 0 Å². The van der Waals surface area contributed by atoms with Crippen LogP contribution in [0.2, 0.25) is 0 Å². The monoisotopic (exact) mass is 256 g/mol. The second-order valence-corrected chi connectivity index (χ2v) is 4.58. The van der Waals surface area contributed by atoms with Gasteiger partial charge in [0.05, 0.1) is 13.5 Å².